The largest absolute Gasteiger partial charge is 0.478 e. The molecule has 10 nitrogen and oxygen atoms in total. The molecule has 2 heterocycles. The lowest BCUT2D eigenvalue weighted by Gasteiger charge is -2.16. The number of carbonyl (C=O) groups is 4. The zero-order valence-electron chi connectivity index (χ0n) is 12.2. The lowest BCUT2D eigenvalue weighted by Crippen LogP contribution is -2.35. The number of aliphatic carboxylic acids is 2. The maximum atomic E-state index is 11.5. The number of hydrogen-bond acceptors (Lipinski definition) is 8. The smallest absolute Gasteiger partial charge is 0.331 e. The molecule has 10 heteroatoms. The number of fused-ring (bicyclic) bond motifs is 1. The van der Waals surface area contributed by atoms with Crippen molar-refractivity contribution in [1.29, 1.82) is 0 Å². The van der Waals surface area contributed by atoms with Crippen molar-refractivity contribution in [3.8, 4) is 0 Å². The second-order valence-electron chi connectivity index (χ2n) is 4.89. The molecule has 0 aromatic heterocycles. The van der Waals surface area contributed by atoms with Gasteiger partial charge in [-0.25, -0.2) is 19.2 Å². The van der Waals surface area contributed by atoms with E-state index in [-0.39, 0.29) is 13.2 Å². The van der Waals surface area contributed by atoms with E-state index in [2.05, 4.69) is 0 Å². The van der Waals surface area contributed by atoms with Crippen LogP contribution in [0.1, 0.15) is 0 Å². The van der Waals surface area contributed by atoms with Crippen molar-refractivity contribution in [3.05, 3.63) is 24.3 Å². The van der Waals surface area contributed by atoms with Crippen LogP contribution in [-0.2, 0) is 38.1 Å². The summed E-state index contributed by atoms with van der Waals surface area (Å²) in [4.78, 5) is 43.6. The van der Waals surface area contributed by atoms with Gasteiger partial charge in [-0.2, -0.15) is 0 Å². The first-order valence-corrected chi connectivity index (χ1v) is 6.83. The number of carboxylic acids is 2. The van der Waals surface area contributed by atoms with Crippen LogP contribution in [-0.4, -0.2) is 71.7 Å². The van der Waals surface area contributed by atoms with Crippen LogP contribution in [0.15, 0.2) is 24.3 Å². The molecule has 2 aliphatic heterocycles. The fourth-order valence-corrected chi connectivity index (χ4v) is 2.29. The normalized spacial score (nSPS) is 28.8. The van der Waals surface area contributed by atoms with Gasteiger partial charge in [0, 0.05) is 24.3 Å². The molecule has 2 aliphatic rings. The molecule has 2 saturated heterocycles. The molecule has 130 valence electrons. The Hall–Kier alpha value is -2.72. The highest BCUT2D eigenvalue weighted by Crippen LogP contribution is 2.30. The lowest BCUT2D eigenvalue weighted by atomic mass is 10.1. The van der Waals surface area contributed by atoms with Gasteiger partial charge < -0.3 is 29.2 Å². The van der Waals surface area contributed by atoms with Crippen molar-refractivity contribution < 1.29 is 48.3 Å². The van der Waals surface area contributed by atoms with Crippen molar-refractivity contribution in [2.24, 2.45) is 0 Å². The van der Waals surface area contributed by atoms with Gasteiger partial charge >= 0.3 is 23.9 Å². The average Bonchev–Trinajstić information content (AvgIpc) is 3.07. The zero-order valence-corrected chi connectivity index (χ0v) is 12.2. The van der Waals surface area contributed by atoms with Crippen molar-refractivity contribution in [1.82, 2.24) is 0 Å². The molecule has 0 saturated carbocycles. The van der Waals surface area contributed by atoms with Gasteiger partial charge in [0.05, 0.1) is 13.2 Å². The zero-order chi connectivity index (χ0) is 17.7. The molecule has 0 amide bonds. The quantitative estimate of drug-likeness (QED) is 0.450. The Morgan fingerprint density at radius 1 is 0.750 bits per heavy atom. The number of esters is 2. The molecule has 4 atom stereocenters. The first-order valence-electron chi connectivity index (χ1n) is 6.83. The minimum Gasteiger partial charge on any atom is -0.478 e. The predicted octanol–water partition coefficient (Wildman–Crippen LogP) is -1.11. The molecule has 2 rings (SSSR count). The Morgan fingerprint density at radius 3 is 1.46 bits per heavy atom. The molecule has 2 unspecified atom stereocenters. The summed E-state index contributed by atoms with van der Waals surface area (Å²) in [6.07, 6.45) is -0.0348. The average molecular weight is 342 g/mol. The van der Waals surface area contributed by atoms with Crippen LogP contribution >= 0.6 is 0 Å². The minimum absolute atomic E-state index is 0.000993. The van der Waals surface area contributed by atoms with Crippen molar-refractivity contribution in [3.63, 3.8) is 0 Å². The third-order valence-corrected chi connectivity index (χ3v) is 3.22. The summed E-state index contributed by atoms with van der Waals surface area (Å²) < 4.78 is 20.9. The summed E-state index contributed by atoms with van der Waals surface area (Å²) >= 11 is 0. The molecule has 0 spiro atoms. The molecular formula is C14H14O10. The number of carbonyl (C=O) groups excluding carboxylic acids is 2. The second-order valence-corrected chi connectivity index (χ2v) is 4.89. The molecule has 0 radical (unpaired) electrons. The highest BCUT2D eigenvalue weighted by Gasteiger charge is 2.50. The van der Waals surface area contributed by atoms with Crippen LogP contribution < -0.4 is 0 Å². The Kier molecular flexibility index (Phi) is 5.66. The van der Waals surface area contributed by atoms with Gasteiger partial charge in [-0.3, -0.25) is 0 Å². The monoisotopic (exact) mass is 342 g/mol. The third-order valence-electron chi connectivity index (χ3n) is 3.22. The summed E-state index contributed by atoms with van der Waals surface area (Å²) in [6.45, 7) is 0.00199. The second kappa shape index (κ2) is 7.70. The highest BCUT2D eigenvalue weighted by atomic mass is 16.7. The van der Waals surface area contributed by atoms with E-state index in [9.17, 15) is 19.2 Å². The predicted molar refractivity (Wildman–Crippen MR) is 72.8 cm³/mol. The van der Waals surface area contributed by atoms with E-state index in [1.54, 1.807) is 0 Å². The van der Waals surface area contributed by atoms with Gasteiger partial charge in [0.1, 0.15) is 12.2 Å². The molecule has 0 aliphatic carbocycles. The Balaban J connectivity index is 1.87. The minimum atomic E-state index is -1.29. The van der Waals surface area contributed by atoms with Crippen LogP contribution in [0, 0.1) is 0 Å². The maximum absolute atomic E-state index is 11.5. The van der Waals surface area contributed by atoms with E-state index in [0.717, 1.165) is 12.2 Å². The number of rotatable bonds is 6. The van der Waals surface area contributed by atoms with Gasteiger partial charge in [0.2, 0.25) is 0 Å². The topological polar surface area (TPSA) is 146 Å². The first kappa shape index (κ1) is 17.6. The molecule has 0 aromatic rings. The van der Waals surface area contributed by atoms with Crippen LogP contribution in [0.5, 0.6) is 0 Å². The summed E-state index contributed by atoms with van der Waals surface area (Å²) in [5.74, 6) is -4.29. The van der Waals surface area contributed by atoms with Crippen LogP contribution in [0.2, 0.25) is 0 Å². The van der Waals surface area contributed by atoms with Gasteiger partial charge in [-0.05, 0) is 0 Å². The van der Waals surface area contributed by atoms with E-state index < -0.39 is 48.3 Å². The molecule has 2 N–H and O–H groups in total. The maximum Gasteiger partial charge on any atom is 0.331 e. The highest BCUT2D eigenvalue weighted by molar-refractivity contribution is 5.91. The summed E-state index contributed by atoms with van der Waals surface area (Å²) in [6, 6.07) is 0. The number of ether oxygens (including phenoxy) is 4. The number of carboxylic acid groups (broad SMARTS) is 2. The van der Waals surface area contributed by atoms with E-state index in [0.29, 0.717) is 12.2 Å². The summed E-state index contributed by atoms with van der Waals surface area (Å²) in [5, 5.41) is 16.9. The van der Waals surface area contributed by atoms with E-state index >= 15 is 0 Å². The Morgan fingerprint density at radius 2 is 1.12 bits per heavy atom. The molecule has 24 heavy (non-hydrogen) atoms. The van der Waals surface area contributed by atoms with E-state index in [1.807, 2.05) is 0 Å². The van der Waals surface area contributed by atoms with Gasteiger partial charge in [0.25, 0.3) is 0 Å². The molecular weight excluding hydrogens is 328 g/mol. The third kappa shape index (κ3) is 4.64. The first-order chi connectivity index (χ1) is 11.4. The van der Waals surface area contributed by atoms with Gasteiger partial charge in [0.15, 0.2) is 12.2 Å². The van der Waals surface area contributed by atoms with Crippen molar-refractivity contribution in [2.45, 2.75) is 24.4 Å². The Labute approximate surface area is 135 Å². The van der Waals surface area contributed by atoms with Crippen LogP contribution in [0.4, 0.5) is 0 Å². The van der Waals surface area contributed by atoms with Crippen molar-refractivity contribution >= 4 is 23.9 Å². The standard InChI is InChI=1S/C14H14O10/c15-9(16)1-3-11(19)23-7-5-21-14-8(6-22-13(7)14)24-12(20)4-2-10(17)18/h1-4,7-8,13-14H,5-6H2,(H,15,16)(H,17,18)/b3-1+,4-2+/t7-,8+,13?,14?. The van der Waals surface area contributed by atoms with E-state index in [4.69, 9.17) is 29.2 Å². The molecule has 0 bridgehead atoms. The number of hydrogen-bond donors (Lipinski definition) is 2. The molecule has 0 aromatic carbocycles. The molecule has 2 fully saturated rings. The van der Waals surface area contributed by atoms with E-state index in [1.165, 1.54) is 0 Å². The fourth-order valence-electron chi connectivity index (χ4n) is 2.29. The van der Waals surface area contributed by atoms with Gasteiger partial charge in [-0.1, -0.05) is 0 Å². The van der Waals surface area contributed by atoms with Crippen molar-refractivity contribution in [2.75, 3.05) is 13.2 Å². The van der Waals surface area contributed by atoms with Crippen LogP contribution in [0.25, 0.3) is 0 Å². The summed E-state index contributed by atoms with van der Waals surface area (Å²) in [5.41, 5.74) is 0. The SMILES string of the molecule is O=C(O)/C=C/C(=O)O[C@H]1COC2C1OC[C@H]2OC(=O)/C=C/C(=O)O. The van der Waals surface area contributed by atoms with Gasteiger partial charge in [-0.15, -0.1) is 0 Å². The fraction of sp³-hybridized carbons (Fsp3) is 0.429. The summed E-state index contributed by atoms with van der Waals surface area (Å²) in [7, 11) is 0. The van der Waals surface area contributed by atoms with Crippen LogP contribution in [0.3, 0.4) is 0 Å². The Bertz CT molecular complexity index is 540. The lowest BCUT2D eigenvalue weighted by molar-refractivity contribution is -0.149.